The van der Waals surface area contributed by atoms with E-state index in [1.165, 1.54) is 0 Å². The fourth-order valence-corrected chi connectivity index (χ4v) is 3.12. The quantitative estimate of drug-likeness (QED) is 0.885. The Morgan fingerprint density at radius 1 is 1.41 bits per heavy atom. The minimum absolute atomic E-state index is 0.0671. The van der Waals surface area contributed by atoms with Gasteiger partial charge in [-0.3, -0.25) is 4.90 Å². The molecule has 1 aromatic rings. The molecular formula is C15H21Cl2N3O2. The van der Waals surface area contributed by atoms with E-state index in [0.717, 1.165) is 31.5 Å². The Kier molecular flexibility index (Phi) is 5.78. The van der Waals surface area contributed by atoms with Gasteiger partial charge in [0.05, 0.1) is 10.0 Å². The van der Waals surface area contributed by atoms with Crippen LogP contribution in [0.3, 0.4) is 0 Å². The number of phenols is 1. The number of amides is 2. The van der Waals surface area contributed by atoms with Crippen molar-refractivity contribution in [3.8, 4) is 5.75 Å². The highest BCUT2D eigenvalue weighted by Crippen LogP contribution is 2.33. The van der Waals surface area contributed by atoms with Crippen molar-refractivity contribution in [1.29, 1.82) is 0 Å². The summed E-state index contributed by atoms with van der Waals surface area (Å²) in [5.41, 5.74) is 0.951. The molecular weight excluding hydrogens is 325 g/mol. The van der Waals surface area contributed by atoms with Gasteiger partial charge >= 0.3 is 6.03 Å². The molecule has 0 aliphatic carbocycles. The van der Waals surface area contributed by atoms with Crippen LogP contribution in [-0.2, 0) is 6.54 Å². The highest BCUT2D eigenvalue weighted by molar-refractivity contribution is 6.37. The Morgan fingerprint density at radius 2 is 2.05 bits per heavy atom. The predicted octanol–water partition coefficient (Wildman–Crippen LogP) is 2.93. The molecule has 1 aliphatic heterocycles. The minimum Gasteiger partial charge on any atom is -0.505 e. The van der Waals surface area contributed by atoms with Gasteiger partial charge in [0.15, 0.2) is 5.75 Å². The van der Waals surface area contributed by atoms with Crippen molar-refractivity contribution in [3.63, 3.8) is 0 Å². The Labute approximate surface area is 140 Å². The first-order valence-corrected chi connectivity index (χ1v) is 7.99. The summed E-state index contributed by atoms with van der Waals surface area (Å²) in [6.07, 6.45) is 2.01. The van der Waals surface area contributed by atoms with Gasteiger partial charge in [-0.05, 0) is 37.1 Å². The van der Waals surface area contributed by atoms with Crippen LogP contribution in [0.2, 0.25) is 10.0 Å². The van der Waals surface area contributed by atoms with E-state index in [-0.39, 0.29) is 27.9 Å². The summed E-state index contributed by atoms with van der Waals surface area (Å²) in [7, 11) is 3.47. The van der Waals surface area contributed by atoms with Crippen molar-refractivity contribution < 1.29 is 9.90 Å². The first-order valence-electron chi connectivity index (χ1n) is 7.24. The molecule has 1 unspecified atom stereocenters. The molecule has 1 saturated heterocycles. The number of hydrogen-bond donors (Lipinski definition) is 2. The number of aromatic hydroxyl groups is 1. The summed E-state index contributed by atoms with van der Waals surface area (Å²) >= 11 is 11.9. The van der Waals surface area contributed by atoms with Crippen LogP contribution in [0.15, 0.2) is 12.1 Å². The van der Waals surface area contributed by atoms with Gasteiger partial charge in [0.1, 0.15) is 0 Å². The Bertz CT molecular complexity index is 529. The van der Waals surface area contributed by atoms with Crippen molar-refractivity contribution in [2.45, 2.75) is 25.4 Å². The largest absolute Gasteiger partial charge is 0.505 e. The van der Waals surface area contributed by atoms with Gasteiger partial charge in [0.2, 0.25) is 0 Å². The molecule has 22 heavy (non-hydrogen) atoms. The fourth-order valence-electron chi connectivity index (χ4n) is 2.59. The number of carbonyl (C=O) groups is 1. The van der Waals surface area contributed by atoms with Gasteiger partial charge in [0, 0.05) is 33.2 Å². The van der Waals surface area contributed by atoms with Gasteiger partial charge in [-0.2, -0.15) is 0 Å². The van der Waals surface area contributed by atoms with Crippen molar-refractivity contribution in [2.75, 3.05) is 27.2 Å². The van der Waals surface area contributed by atoms with Gasteiger partial charge in [-0.1, -0.05) is 23.2 Å². The first-order chi connectivity index (χ1) is 10.4. The molecule has 2 rings (SSSR count). The van der Waals surface area contributed by atoms with Gasteiger partial charge < -0.3 is 15.3 Å². The summed E-state index contributed by atoms with van der Waals surface area (Å²) in [6, 6.07) is 3.53. The molecule has 0 radical (unpaired) electrons. The molecule has 1 aromatic carbocycles. The maximum atomic E-state index is 11.7. The third-order valence-electron chi connectivity index (χ3n) is 3.72. The highest BCUT2D eigenvalue weighted by Gasteiger charge is 2.22. The third kappa shape index (κ3) is 4.41. The normalized spacial score (nSPS) is 19.0. The standard InChI is InChI=1S/C15H21Cl2N3O2/c1-19(2)15(22)18-11-4-3-5-20(9-11)8-10-6-12(16)14(21)13(17)7-10/h6-7,11,21H,3-5,8-9H2,1-2H3,(H,18,22). The van der Waals surface area contributed by atoms with Crippen LogP contribution in [0.1, 0.15) is 18.4 Å². The number of likely N-dealkylation sites (tertiary alicyclic amines) is 1. The molecule has 1 fully saturated rings. The number of urea groups is 1. The van der Waals surface area contributed by atoms with E-state index in [1.54, 1.807) is 31.1 Å². The average molecular weight is 346 g/mol. The molecule has 7 heteroatoms. The van der Waals surface area contributed by atoms with Crippen molar-refractivity contribution in [3.05, 3.63) is 27.7 Å². The molecule has 0 saturated carbocycles. The second-order valence-corrected chi connectivity index (χ2v) is 6.64. The number of benzene rings is 1. The smallest absolute Gasteiger partial charge is 0.317 e. The van der Waals surface area contributed by atoms with Crippen LogP contribution in [0, 0.1) is 0 Å². The molecule has 5 nitrogen and oxygen atoms in total. The Hall–Kier alpha value is -1.17. The zero-order valence-corrected chi connectivity index (χ0v) is 14.3. The number of carbonyl (C=O) groups excluding carboxylic acids is 1. The highest BCUT2D eigenvalue weighted by atomic mass is 35.5. The first kappa shape index (κ1) is 17.2. The van der Waals surface area contributed by atoms with E-state index in [1.807, 2.05) is 0 Å². The number of hydrogen-bond acceptors (Lipinski definition) is 3. The number of phenolic OH excluding ortho intramolecular Hbond substituents is 1. The van der Waals surface area contributed by atoms with Gasteiger partial charge in [-0.15, -0.1) is 0 Å². The van der Waals surface area contributed by atoms with E-state index in [9.17, 15) is 9.90 Å². The van der Waals surface area contributed by atoms with Crippen molar-refractivity contribution >= 4 is 29.2 Å². The molecule has 0 aromatic heterocycles. The average Bonchev–Trinajstić information content (AvgIpc) is 2.45. The maximum Gasteiger partial charge on any atom is 0.317 e. The Balaban J connectivity index is 1.97. The topological polar surface area (TPSA) is 55.8 Å². The number of rotatable bonds is 3. The third-order valence-corrected chi connectivity index (χ3v) is 4.30. The van der Waals surface area contributed by atoms with Crippen LogP contribution in [-0.4, -0.2) is 54.2 Å². The lowest BCUT2D eigenvalue weighted by Gasteiger charge is -2.33. The number of piperidine rings is 1. The molecule has 1 aliphatic rings. The molecule has 0 bridgehead atoms. The summed E-state index contributed by atoms with van der Waals surface area (Å²) < 4.78 is 0. The summed E-state index contributed by atoms with van der Waals surface area (Å²) in [5, 5.41) is 13.1. The SMILES string of the molecule is CN(C)C(=O)NC1CCCN(Cc2cc(Cl)c(O)c(Cl)c2)C1. The van der Waals surface area contributed by atoms with E-state index in [2.05, 4.69) is 10.2 Å². The van der Waals surface area contributed by atoms with Crippen LogP contribution < -0.4 is 5.32 Å². The zero-order chi connectivity index (χ0) is 16.3. The summed E-state index contributed by atoms with van der Waals surface area (Å²) in [4.78, 5) is 15.5. The fraction of sp³-hybridized carbons (Fsp3) is 0.533. The molecule has 1 heterocycles. The summed E-state index contributed by atoms with van der Waals surface area (Å²) in [5.74, 6) is -0.0816. The van der Waals surface area contributed by atoms with Gasteiger partial charge in [-0.25, -0.2) is 4.79 Å². The second kappa shape index (κ2) is 7.40. The number of nitrogens with one attached hydrogen (secondary N) is 1. The van der Waals surface area contributed by atoms with Crippen LogP contribution in [0.25, 0.3) is 0 Å². The second-order valence-electron chi connectivity index (χ2n) is 5.83. The van der Waals surface area contributed by atoms with Crippen LogP contribution in [0.4, 0.5) is 4.79 Å². The molecule has 2 amide bonds. The Morgan fingerprint density at radius 3 is 2.64 bits per heavy atom. The summed E-state index contributed by atoms with van der Waals surface area (Å²) in [6.45, 7) is 2.44. The van der Waals surface area contributed by atoms with Crippen LogP contribution in [0.5, 0.6) is 5.75 Å². The molecule has 1 atom stereocenters. The molecule has 0 spiro atoms. The zero-order valence-electron chi connectivity index (χ0n) is 12.8. The van der Waals surface area contributed by atoms with E-state index in [4.69, 9.17) is 23.2 Å². The van der Waals surface area contributed by atoms with Gasteiger partial charge in [0.25, 0.3) is 0 Å². The molecule has 2 N–H and O–H groups in total. The lowest BCUT2D eigenvalue weighted by molar-refractivity contribution is 0.172. The van der Waals surface area contributed by atoms with E-state index in [0.29, 0.717) is 6.54 Å². The monoisotopic (exact) mass is 345 g/mol. The maximum absolute atomic E-state index is 11.7. The lowest BCUT2D eigenvalue weighted by atomic mass is 10.0. The predicted molar refractivity (Wildman–Crippen MR) is 88.6 cm³/mol. The minimum atomic E-state index is -0.0816. The number of halogens is 2. The van der Waals surface area contributed by atoms with Crippen LogP contribution >= 0.6 is 23.2 Å². The van der Waals surface area contributed by atoms with Crippen molar-refractivity contribution in [1.82, 2.24) is 15.1 Å². The van der Waals surface area contributed by atoms with E-state index >= 15 is 0 Å². The van der Waals surface area contributed by atoms with E-state index < -0.39 is 0 Å². The van der Waals surface area contributed by atoms with Crippen molar-refractivity contribution in [2.24, 2.45) is 0 Å². The number of nitrogens with zero attached hydrogens (tertiary/aromatic N) is 2. The lowest BCUT2D eigenvalue weighted by Crippen LogP contribution is -2.49. The molecule has 122 valence electrons.